The summed E-state index contributed by atoms with van der Waals surface area (Å²) in [6, 6.07) is 16.0. The highest BCUT2D eigenvalue weighted by molar-refractivity contribution is 5.92. The third kappa shape index (κ3) is 3.23. The topological polar surface area (TPSA) is 53.5 Å². The molecular formula is C30H35N5O. The Balaban J connectivity index is 1.17. The zero-order valence-corrected chi connectivity index (χ0v) is 21.2. The van der Waals surface area contributed by atoms with E-state index in [-0.39, 0.29) is 5.41 Å². The van der Waals surface area contributed by atoms with Gasteiger partial charge in [-0.3, -0.25) is 0 Å². The number of anilines is 1. The van der Waals surface area contributed by atoms with Crippen molar-refractivity contribution in [1.29, 1.82) is 0 Å². The van der Waals surface area contributed by atoms with E-state index in [1.54, 1.807) is 0 Å². The van der Waals surface area contributed by atoms with E-state index in [1.807, 2.05) is 0 Å². The van der Waals surface area contributed by atoms with Crippen molar-refractivity contribution in [1.82, 2.24) is 20.2 Å². The van der Waals surface area contributed by atoms with Crippen molar-refractivity contribution in [3.05, 3.63) is 58.8 Å². The summed E-state index contributed by atoms with van der Waals surface area (Å²) in [5, 5.41) is 6.54. The zero-order chi connectivity index (χ0) is 23.9. The van der Waals surface area contributed by atoms with E-state index in [0.717, 1.165) is 51.1 Å². The minimum atomic E-state index is 0.135. The van der Waals surface area contributed by atoms with Crippen molar-refractivity contribution >= 4 is 16.6 Å². The smallest absolute Gasteiger partial charge is 0.318 e. The Morgan fingerprint density at radius 3 is 2.72 bits per heavy atom. The molecule has 1 aromatic heterocycles. The highest BCUT2D eigenvalue weighted by Crippen LogP contribution is 2.50. The molecule has 186 valence electrons. The van der Waals surface area contributed by atoms with Crippen LogP contribution in [0.1, 0.15) is 48.1 Å². The molecule has 0 saturated carbocycles. The van der Waals surface area contributed by atoms with E-state index in [4.69, 9.17) is 14.7 Å². The SMILES string of the molecule is CN1CCC[C@H]1COc1nc2c(c(N3CC4CC(C3)N4)n1)CCC1(C2)Cc2cccc3cccc1c23. The summed E-state index contributed by atoms with van der Waals surface area (Å²) < 4.78 is 6.36. The first-order valence-electron chi connectivity index (χ1n) is 13.9. The summed E-state index contributed by atoms with van der Waals surface area (Å²) >= 11 is 0. The zero-order valence-electron chi connectivity index (χ0n) is 21.2. The van der Waals surface area contributed by atoms with E-state index < -0.39 is 0 Å². The fourth-order valence-corrected chi connectivity index (χ4v) is 7.89. The second-order valence-electron chi connectivity index (χ2n) is 12.0. The number of piperazine rings is 1. The van der Waals surface area contributed by atoms with Crippen LogP contribution >= 0.6 is 0 Å². The second kappa shape index (κ2) is 7.90. The number of hydrogen-bond acceptors (Lipinski definition) is 6. The van der Waals surface area contributed by atoms with Gasteiger partial charge in [-0.2, -0.15) is 9.97 Å². The van der Waals surface area contributed by atoms with Crippen molar-refractivity contribution in [3.8, 4) is 6.01 Å². The summed E-state index contributed by atoms with van der Waals surface area (Å²) in [4.78, 5) is 15.2. The highest BCUT2D eigenvalue weighted by Gasteiger charge is 2.45. The summed E-state index contributed by atoms with van der Waals surface area (Å²) in [6.45, 7) is 3.92. The molecule has 4 aliphatic heterocycles. The molecule has 5 heterocycles. The number of likely N-dealkylation sites (N-methyl/N-ethyl adjacent to an activating group) is 1. The Labute approximate surface area is 213 Å². The molecule has 0 amide bonds. The van der Waals surface area contributed by atoms with Crippen molar-refractivity contribution < 1.29 is 4.74 Å². The van der Waals surface area contributed by atoms with Gasteiger partial charge in [-0.05, 0) is 74.0 Å². The van der Waals surface area contributed by atoms with Gasteiger partial charge in [-0.15, -0.1) is 0 Å². The van der Waals surface area contributed by atoms with Crippen LogP contribution in [0.3, 0.4) is 0 Å². The van der Waals surface area contributed by atoms with Gasteiger partial charge < -0.3 is 19.9 Å². The van der Waals surface area contributed by atoms with Gasteiger partial charge in [0.25, 0.3) is 0 Å². The van der Waals surface area contributed by atoms with Gasteiger partial charge in [0.15, 0.2) is 0 Å². The highest BCUT2D eigenvalue weighted by atomic mass is 16.5. The van der Waals surface area contributed by atoms with Gasteiger partial charge in [0.2, 0.25) is 0 Å². The summed E-state index contributed by atoms with van der Waals surface area (Å²) in [5.41, 5.74) is 5.76. The first-order chi connectivity index (χ1) is 17.6. The Kier molecular flexibility index (Phi) is 4.69. The third-order valence-electron chi connectivity index (χ3n) is 9.80. The molecule has 1 spiro atoms. The van der Waals surface area contributed by atoms with E-state index in [9.17, 15) is 0 Å². The number of hydrogen-bond donors (Lipinski definition) is 1. The molecule has 9 rings (SSSR count). The number of aromatic nitrogens is 2. The fraction of sp³-hybridized carbons (Fsp3) is 0.533. The van der Waals surface area contributed by atoms with Crippen LogP contribution in [-0.4, -0.2) is 66.3 Å². The molecular weight excluding hydrogens is 446 g/mol. The van der Waals surface area contributed by atoms with Crippen molar-refractivity contribution in [2.45, 2.75) is 68.5 Å². The van der Waals surface area contributed by atoms with E-state index in [0.29, 0.717) is 30.7 Å². The Morgan fingerprint density at radius 2 is 1.92 bits per heavy atom. The molecule has 2 bridgehead atoms. The van der Waals surface area contributed by atoms with Crippen LogP contribution in [0.15, 0.2) is 36.4 Å². The van der Waals surface area contributed by atoms with E-state index >= 15 is 0 Å². The van der Waals surface area contributed by atoms with Gasteiger partial charge in [-0.1, -0.05) is 36.4 Å². The van der Waals surface area contributed by atoms with Crippen molar-refractivity contribution in [3.63, 3.8) is 0 Å². The number of fused-ring (bicyclic) bond motifs is 4. The number of rotatable bonds is 4. The van der Waals surface area contributed by atoms with E-state index in [2.05, 4.69) is 58.6 Å². The first kappa shape index (κ1) is 21.4. The van der Waals surface area contributed by atoms with Crippen LogP contribution in [-0.2, 0) is 24.7 Å². The molecule has 0 radical (unpaired) electrons. The number of nitrogens with one attached hydrogen (secondary N) is 1. The average Bonchev–Trinajstić information content (AvgIpc) is 3.43. The standard InChI is InChI=1S/C30H35N5O/c1-34-12-4-8-23(34)18-36-29-32-26-15-30(14-20-7-2-5-19-6-3-9-25(30)27(19)20)11-10-24(26)28(33-29)35-16-21-13-22(17-35)31-21/h2-3,5-7,9,21-23,31H,4,8,10-18H2,1H3/t21?,22?,23-,30?/m0/s1. The molecule has 1 N–H and O–H groups in total. The summed E-state index contributed by atoms with van der Waals surface area (Å²) in [5.74, 6) is 1.15. The van der Waals surface area contributed by atoms with Gasteiger partial charge in [0, 0.05) is 48.6 Å². The molecule has 4 atom stereocenters. The van der Waals surface area contributed by atoms with Gasteiger partial charge in [0.05, 0.1) is 5.69 Å². The van der Waals surface area contributed by atoms with Crippen LogP contribution in [0.4, 0.5) is 5.82 Å². The quantitative estimate of drug-likeness (QED) is 0.614. The number of nitrogens with zero attached hydrogens (tertiary/aromatic N) is 4. The normalized spacial score (nSPS) is 30.6. The molecule has 4 fully saturated rings. The molecule has 2 aromatic carbocycles. The summed E-state index contributed by atoms with van der Waals surface area (Å²) in [7, 11) is 2.20. The Hall–Kier alpha value is -2.70. The molecule has 6 heteroatoms. The molecule has 4 saturated heterocycles. The molecule has 36 heavy (non-hydrogen) atoms. The van der Waals surface area contributed by atoms with Gasteiger partial charge in [-0.25, -0.2) is 0 Å². The van der Waals surface area contributed by atoms with E-state index in [1.165, 1.54) is 52.4 Å². The van der Waals surface area contributed by atoms with Crippen LogP contribution < -0.4 is 15.0 Å². The first-order valence-corrected chi connectivity index (χ1v) is 13.9. The lowest BCUT2D eigenvalue weighted by Crippen LogP contribution is -2.67. The largest absolute Gasteiger partial charge is 0.462 e. The average molecular weight is 482 g/mol. The molecule has 2 aliphatic carbocycles. The maximum Gasteiger partial charge on any atom is 0.318 e. The van der Waals surface area contributed by atoms with Crippen LogP contribution in [0, 0.1) is 0 Å². The Bertz CT molecular complexity index is 1340. The Morgan fingerprint density at radius 1 is 1.08 bits per heavy atom. The predicted octanol–water partition coefficient (Wildman–Crippen LogP) is 3.64. The van der Waals surface area contributed by atoms with Crippen molar-refractivity contribution in [2.75, 3.05) is 38.2 Å². The number of ether oxygens (including phenoxy) is 1. The number of benzene rings is 2. The lowest BCUT2D eigenvalue weighted by atomic mass is 9.69. The van der Waals surface area contributed by atoms with Crippen molar-refractivity contribution in [2.24, 2.45) is 0 Å². The third-order valence-corrected chi connectivity index (χ3v) is 9.80. The minimum Gasteiger partial charge on any atom is -0.462 e. The van der Waals surface area contributed by atoms with Crippen LogP contribution in [0.5, 0.6) is 6.01 Å². The maximum atomic E-state index is 6.36. The molecule has 6 aliphatic rings. The molecule has 3 unspecified atom stereocenters. The maximum absolute atomic E-state index is 6.36. The second-order valence-corrected chi connectivity index (χ2v) is 12.0. The van der Waals surface area contributed by atoms with Crippen LogP contribution in [0.25, 0.3) is 10.8 Å². The summed E-state index contributed by atoms with van der Waals surface area (Å²) in [6.07, 6.45) is 8.04. The minimum absolute atomic E-state index is 0.135. The molecule has 6 nitrogen and oxygen atoms in total. The monoisotopic (exact) mass is 481 g/mol. The molecule has 3 aromatic rings. The number of piperidine rings is 1. The number of likely N-dealkylation sites (tertiary alicyclic amines) is 1. The van der Waals surface area contributed by atoms with Crippen LogP contribution in [0.2, 0.25) is 0 Å². The fourth-order valence-electron chi connectivity index (χ4n) is 7.89. The van der Waals surface area contributed by atoms with Gasteiger partial charge >= 0.3 is 6.01 Å². The lowest BCUT2D eigenvalue weighted by Gasteiger charge is -2.49. The lowest BCUT2D eigenvalue weighted by molar-refractivity contribution is 0.186. The predicted molar refractivity (Wildman–Crippen MR) is 142 cm³/mol. The van der Waals surface area contributed by atoms with Gasteiger partial charge in [0.1, 0.15) is 12.4 Å².